The predicted molar refractivity (Wildman–Crippen MR) is 63.0 cm³/mol. The van der Waals surface area contributed by atoms with Crippen LogP contribution in [0.1, 0.15) is 23.6 Å². The van der Waals surface area contributed by atoms with Gasteiger partial charge in [0.25, 0.3) is 0 Å². The molecule has 1 aromatic heterocycles. The molecule has 2 heterocycles. The van der Waals surface area contributed by atoms with Gasteiger partial charge in [-0.25, -0.2) is 0 Å². The Kier molecular flexibility index (Phi) is 2.23. The molecular weight excluding hydrogens is 216 g/mol. The average Bonchev–Trinajstić information content (AvgIpc) is 2.99. The molecule has 3 heteroatoms. The second-order valence-electron chi connectivity index (χ2n) is 4.48. The maximum Gasteiger partial charge on any atom is 0.129 e. The Morgan fingerprint density at radius 1 is 1.29 bits per heavy atom. The summed E-state index contributed by atoms with van der Waals surface area (Å²) in [4.78, 5) is 0. The Bertz CT molecular complexity index is 526. The summed E-state index contributed by atoms with van der Waals surface area (Å²) in [5.41, 5.74) is 1.62. The standard InChI is InChI=1S/C14H14O3/c1-14(15,11-6-7-16-9-11)12-4-2-3-10-5-8-17-13(10)12/h2-4,6-7,9,15H,5,8H2,1H3. The average molecular weight is 230 g/mol. The normalized spacial score (nSPS) is 17.3. The summed E-state index contributed by atoms with van der Waals surface area (Å²) in [7, 11) is 0. The zero-order chi connectivity index (χ0) is 11.9. The lowest BCUT2D eigenvalue weighted by Crippen LogP contribution is -2.22. The van der Waals surface area contributed by atoms with Gasteiger partial charge in [-0.05, 0) is 18.6 Å². The van der Waals surface area contributed by atoms with Crippen molar-refractivity contribution in [2.24, 2.45) is 0 Å². The van der Waals surface area contributed by atoms with Crippen LogP contribution in [0.2, 0.25) is 0 Å². The van der Waals surface area contributed by atoms with Crippen LogP contribution in [-0.2, 0) is 12.0 Å². The van der Waals surface area contributed by atoms with Crippen LogP contribution in [0.5, 0.6) is 5.75 Å². The Hall–Kier alpha value is -1.74. The molecule has 0 aliphatic carbocycles. The molecule has 0 saturated carbocycles. The molecule has 0 fully saturated rings. The molecule has 17 heavy (non-hydrogen) atoms. The van der Waals surface area contributed by atoms with Gasteiger partial charge in [0.1, 0.15) is 11.4 Å². The molecular formula is C14H14O3. The van der Waals surface area contributed by atoms with Crippen molar-refractivity contribution in [2.45, 2.75) is 18.9 Å². The Balaban J connectivity index is 2.13. The number of hydrogen-bond acceptors (Lipinski definition) is 3. The summed E-state index contributed by atoms with van der Waals surface area (Å²) in [6.07, 6.45) is 4.03. The van der Waals surface area contributed by atoms with E-state index in [-0.39, 0.29) is 0 Å². The third-order valence-corrected chi connectivity index (χ3v) is 3.32. The molecule has 1 aromatic carbocycles. The molecule has 0 radical (unpaired) electrons. The monoisotopic (exact) mass is 230 g/mol. The predicted octanol–water partition coefficient (Wildman–Crippen LogP) is 2.47. The number of aliphatic hydroxyl groups is 1. The highest BCUT2D eigenvalue weighted by Crippen LogP contribution is 2.39. The van der Waals surface area contributed by atoms with E-state index in [2.05, 4.69) is 0 Å². The highest BCUT2D eigenvalue weighted by molar-refractivity contribution is 5.49. The van der Waals surface area contributed by atoms with Gasteiger partial charge in [0.05, 0.1) is 19.1 Å². The van der Waals surface area contributed by atoms with Gasteiger partial charge in [0, 0.05) is 17.5 Å². The Morgan fingerprint density at radius 2 is 2.18 bits per heavy atom. The highest BCUT2D eigenvalue weighted by atomic mass is 16.5. The van der Waals surface area contributed by atoms with Crippen LogP contribution in [0.25, 0.3) is 0 Å². The van der Waals surface area contributed by atoms with Crippen molar-refractivity contribution in [3.05, 3.63) is 53.5 Å². The molecule has 1 N–H and O–H groups in total. The van der Waals surface area contributed by atoms with Crippen LogP contribution in [0.15, 0.2) is 41.2 Å². The van der Waals surface area contributed by atoms with E-state index in [4.69, 9.17) is 9.15 Å². The first-order valence-corrected chi connectivity index (χ1v) is 5.70. The van der Waals surface area contributed by atoms with Crippen LogP contribution in [0.3, 0.4) is 0 Å². The van der Waals surface area contributed by atoms with E-state index in [9.17, 15) is 5.11 Å². The van der Waals surface area contributed by atoms with Crippen LogP contribution in [-0.4, -0.2) is 11.7 Å². The first-order chi connectivity index (χ1) is 8.19. The van der Waals surface area contributed by atoms with Crippen molar-refractivity contribution in [2.75, 3.05) is 6.61 Å². The van der Waals surface area contributed by atoms with E-state index in [1.807, 2.05) is 18.2 Å². The summed E-state index contributed by atoms with van der Waals surface area (Å²) in [6.45, 7) is 2.45. The number of rotatable bonds is 2. The van der Waals surface area contributed by atoms with Gasteiger partial charge < -0.3 is 14.3 Å². The van der Waals surface area contributed by atoms with Crippen molar-refractivity contribution in [3.8, 4) is 5.75 Å². The Morgan fingerprint density at radius 3 is 2.94 bits per heavy atom. The van der Waals surface area contributed by atoms with E-state index in [0.29, 0.717) is 6.61 Å². The largest absolute Gasteiger partial charge is 0.493 e. The maximum atomic E-state index is 10.7. The summed E-state index contributed by atoms with van der Waals surface area (Å²) in [6, 6.07) is 7.67. The quantitative estimate of drug-likeness (QED) is 0.861. The molecule has 1 atom stereocenters. The third kappa shape index (κ3) is 1.54. The zero-order valence-electron chi connectivity index (χ0n) is 9.64. The van der Waals surface area contributed by atoms with Crippen molar-refractivity contribution < 1.29 is 14.3 Å². The number of fused-ring (bicyclic) bond motifs is 1. The van der Waals surface area contributed by atoms with Gasteiger partial charge in [0.2, 0.25) is 0 Å². The minimum absolute atomic E-state index is 0.688. The fraction of sp³-hybridized carbons (Fsp3) is 0.286. The van der Waals surface area contributed by atoms with Crippen LogP contribution in [0, 0.1) is 0 Å². The van der Waals surface area contributed by atoms with Gasteiger partial charge in [-0.3, -0.25) is 0 Å². The molecule has 1 unspecified atom stereocenters. The van der Waals surface area contributed by atoms with Gasteiger partial charge >= 0.3 is 0 Å². The van der Waals surface area contributed by atoms with Crippen molar-refractivity contribution >= 4 is 0 Å². The van der Waals surface area contributed by atoms with Crippen molar-refractivity contribution in [1.29, 1.82) is 0 Å². The molecule has 3 nitrogen and oxygen atoms in total. The molecule has 0 spiro atoms. The lowest BCUT2D eigenvalue weighted by atomic mass is 9.88. The SMILES string of the molecule is CC(O)(c1ccoc1)c1cccc2c1OCC2. The number of furan rings is 1. The molecule has 1 aliphatic heterocycles. The van der Waals surface area contributed by atoms with E-state index in [0.717, 1.165) is 28.9 Å². The van der Waals surface area contributed by atoms with Gasteiger partial charge in [-0.15, -0.1) is 0 Å². The van der Waals surface area contributed by atoms with E-state index in [1.54, 1.807) is 25.5 Å². The Labute approximate surface area is 99.6 Å². The lowest BCUT2D eigenvalue weighted by molar-refractivity contribution is 0.0981. The fourth-order valence-electron chi connectivity index (χ4n) is 2.30. The minimum Gasteiger partial charge on any atom is -0.493 e. The second-order valence-corrected chi connectivity index (χ2v) is 4.48. The molecule has 0 saturated heterocycles. The summed E-state index contributed by atoms with van der Waals surface area (Å²) >= 11 is 0. The fourth-order valence-corrected chi connectivity index (χ4v) is 2.30. The first kappa shape index (κ1) is 10.4. The summed E-state index contributed by atoms with van der Waals surface area (Å²) in [5, 5.41) is 10.7. The lowest BCUT2D eigenvalue weighted by Gasteiger charge is -2.24. The van der Waals surface area contributed by atoms with E-state index in [1.165, 1.54) is 0 Å². The molecule has 0 amide bonds. The molecule has 1 aliphatic rings. The number of para-hydroxylation sites is 1. The highest BCUT2D eigenvalue weighted by Gasteiger charge is 2.32. The topological polar surface area (TPSA) is 42.6 Å². The van der Waals surface area contributed by atoms with E-state index >= 15 is 0 Å². The summed E-state index contributed by atoms with van der Waals surface area (Å²) in [5.74, 6) is 0.818. The van der Waals surface area contributed by atoms with E-state index < -0.39 is 5.60 Å². The van der Waals surface area contributed by atoms with Gasteiger partial charge in [-0.1, -0.05) is 18.2 Å². The molecule has 2 aromatic rings. The number of benzene rings is 1. The number of hydrogen-bond donors (Lipinski definition) is 1. The minimum atomic E-state index is -1.08. The maximum absolute atomic E-state index is 10.7. The van der Waals surface area contributed by atoms with Gasteiger partial charge in [-0.2, -0.15) is 0 Å². The van der Waals surface area contributed by atoms with Gasteiger partial charge in [0.15, 0.2) is 0 Å². The molecule has 0 bridgehead atoms. The first-order valence-electron chi connectivity index (χ1n) is 5.70. The van der Waals surface area contributed by atoms with Crippen molar-refractivity contribution in [3.63, 3.8) is 0 Å². The van der Waals surface area contributed by atoms with Crippen LogP contribution >= 0.6 is 0 Å². The second kappa shape index (κ2) is 3.64. The zero-order valence-corrected chi connectivity index (χ0v) is 9.64. The molecule has 3 rings (SSSR count). The van der Waals surface area contributed by atoms with Crippen LogP contribution in [0.4, 0.5) is 0 Å². The third-order valence-electron chi connectivity index (χ3n) is 3.32. The molecule has 88 valence electrons. The smallest absolute Gasteiger partial charge is 0.129 e. The summed E-state index contributed by atoms with van der Waals surface area (Å²) < 4.78 is 10.7. The number of ether oxygens (including phenoxy) is 1. The van der Waals surface area contributed by atoms with Crippen molar-refractivity contribution in [1.82, 2.24) is 0 Å². The van der Waals surface area contributed by atoms with Crippen LogP contribution < -0.4 is 4.74 Å².